The Hall–Kier alpha value is -0.600. The normalized spacial score (nSPS) is 11.9. The molecule has 64 valence electrons. The first-order valence-corrected chi connectivity index (χ1v) is 4.04. The van der Waals surface area contributed by atoms with Crippen molar-refractivity contribution in [3.63, 3.8) is 0 Å². The second-order valence-corrected chi connectivity index (χ2v) is 3.94. The summed E-state index contributed by atoms with van der Waals surface area (Å²) in [6.07, 6.45) is 0. The average Bonchev–Trinajstić information content (AvgIpc) is 1.53. The molecule has 11 heavy (non-hydrogen) atoms. The van der Waals surface area contributed by atoms with Crippen LogP contribution in [0.25, 0.3) is 0 Å². The molecule has 0 aromatic carbocycles. The lowest BCUT2D eigenvalue weighted by atomic mass is 10.3. The van der Waals surface area contributed by atoms with Gasteiger partial charge < -0.3 is 10.5 Å². The summed E-state index contributed by atoms with van der Waals surface area (Å²) in [4.78, 5) is 10.8. The monoisotopic (exact) mass is 176 g/mol. The van der Waals surface area contributed by atoms with E-state index >= 15 is 0 Å². The molecular formula is C6H13N2O2P. The van der Waals surface area contributed by atoms with E-state index in [0.717, 1.165) is 0 Å². The zero-order valence-corrected chi connectivity index (χ0v) is 7.68. The highest BCUT2D eigenvalue weighted by Gasteiger charge is 2.16. The number of carbonyl (C=O) groups is 1. The fraction of sp³-hybridized carbons (Fsp3) is 0.500. The number of carbonyl (C=O) groups excluding carboxylic acids is 1. The molecule has 0 aliphatic carbocycles. The van der Waals surface area contributed by atoms with Crippen LogP contribution >= 0.6 is 8.58 Å². The van der Waals surface area contributed by atoms with Crippen molar-refractivity contribution in [1.82, 2.24) is 0 Å². The summed E-state index contributed by atoms with van der Waals surface area (Å²) in [6, 6.07) is 0. The fourth-order valence-corrected chi connectivity index (χ4v) is 0.972. The average molecular weight is 176 g/mol. The van der Waals surface area contributed by atoms with Crippen LogP contribution in [-0.2, 0) is 4.74 Å². The van der Waals surface area contributed by atoms with Crippen LogP contribution in [0.2, 0.25) is 0 Å². The molecule has 0 aromatic heterocycles. The molecule has 0 saturated heterocycles. The Balaban J connectivity index is 3.80. The highest BCUT2D eigenvalue weighted by molar-refractivity contribution is 7.61. The van der Waals surface area contributed by atoms with Crippen LogP contribution in [0.5, 0.6) is 0 Å². The van der Waals surface area contributed by atoms with Crippen LogP contribution in [0.3, 0.4) is 0 Å². The van der Waals surface area contributed by atoms with E-state index in [0.29, 0.717) is 5.44 Å². The predicted octanol–water partition coefficient (Wildman–Crippen LogP) is 0.926. The van der Waals surface area contributed by atoms with Crippen molar-refractivity contribution in [2.24, 2.45) is 11.5 Å². The molecule has 0 spiro atoms. The van der Waals surface area contributed by atoms with Gasteiger partial charge in [0.15, 0.2) is 5.72 Å². The van der Waals surface area contributed by atoms with Crippen LogP contribution in [-0.4, -0.2) is 11.4 Å². The summed E-state index contributed by atoms with van der Waals surface area (Å²) in [5.41, 5.74) is 9.54. The Labute approximate surface area is 67.7 Å². The summed E-state index contributed by atoms with van der Waals surface area (Å²) in [5, 5.41) is 0. The summed E-state index contributed by atoms with van der Waals surface area (Å²) < 4.78 is 4.76. The van der Waals surface area contributed by atoms with Gasteiger partial charge in [-0.05, 0) is 13.8 Å². The number of hydrogen-bond donors (Lipinski definition) is 2. The van der Waals surface area contributed by atoms with Gasteiger partial charge in [0.05, 0.1) is 0 Å². The summed E-state index contributed by atoms with van der Waals surface area (Å²) >= 11 is 0. The first-order chi connectivity index (χ1) is 4.81. The standard InChI is InChI=1S/C6H13N2O2P/c1-4(7)11-5(9)10-6(2,3)8/h11H,1,7-8H2,2-3H3. The molecule has 0 amide bonds. The molecule has 1 atom stereocenters. The Morgan fingerprint density at radius 3 is 2.36 bits per heavy atom. The Kier molecular flexibility index (Phi) is 3.49. The zero-order valence-electron chi connectivity index (χ0n) is 6.68. The molecule has 4 N–H and O–H groups in total. The van der Waals surface area contributed by atoms with E-state index in [1.54, 1.807) is 13.8 Å². The van der Waals surface area contributed by atoms with Crippen molar-refractivity contribution < 1.29 is 9.53 Å². The lowest BCUT2D eigenvalue weighted by molar-refractivity contribution is 0.0636. The molecule has 0 bridgehead atoms. The number of ether oxygens (including phenoxy) is 1. The fourth-order valence-electron chi connectivity index (χ4n) is 0.396. The van der Waals surface area contributed by atoms with Crippen molar-refractivity contribution >= 4 is 14.3 Å². The molecule has 1 unspecified atom stereocenters. The zero-order chi connectivity index (χ0) is 9.07. The highest BCUT2D eigenvalue weighted by Crippen LogP contribution is 2.21. The van der Waals surface area contributed by atoms with Gasteiger partial charge in [-0.25, -0.2) is 4.79 Å². The maximum atomic E-state index is 10.8. The first kappa shape index (κ1) is 10.4. The van der Waals surface area contributed by atoms with Crippen LogP contribution in [0.15, 0.2) is 12.0 Å². The topological polar surface area (TPSA) is 78.3 Å². The van der Waals surface area contributed by atoms with Gasteiger partial charge in [0, 0.05) is 14.0 Å². The third-order valence-corrected chi connectivity index (χ3v) is 1.25. The number of nitrogens with two attached hydrogens (primary N) is 2. The van der Waals surface area contributed by atoms with E-state index in [-0.39, 0.29) is 8.58 Å². The highest BCUT2D eigenvalue weighted by atomic mass is 31.1. The van der Waals surface area contributed by atoms with Crippen LogP contribution < -0.4 is 11.5 Å². The SMILES string of the molecule is C=C(N)PC(=O)OC(C)(C)N. The van der Waals surface area contributed by atoms with E-state index in [1.165, 1.54) is 0 Å². The van der Waals surface area contributed by atoms with Crippen molar-refractivity contribution in [1.29, 1.82) is 0 Å². The first-order valence-electron chi connectivity index (χ1n) is 3.04. The molecule has 0 radical (unpaired) electrons. The number of hydrogen-bond acceptors (Lipinski definition) is 4. The smallest absolute Gasteiger partial charge is 0.330 e. The van der Waals surface area contributed by atoms with Crippen molar-refractivity contribution in [2.75, 3.05) is 0 Å². The third kappa shape index (κ3) is 7.30. The Bertz CT molecular complexity index is 174. The van der Waals surface area contributed by atoms with Crippen LogP contribution in [0.1, 0.15) is 13.8 Å². The van der Waals surface area contributed by atoms with Crippen molar-refractivity contribution in [2.45, 2.75) is 19.6 Å². The van der Waals surface area contributed by atoms with E-state index < -0.39 is 11.4 Å². The summed E-state index contributed by atoms with van der Waals surface area (Å²) in [6.45, 7) is 6.56. The minimum absolute atomic E-state index is 0.222. The van der Waals surface area contributed by atoms with Gasteiger partial charge >= 0.3 is 5.71 Å². The molecule has 0 heterocycles. The van der Waals surface area contributed by atoms with Gasteiger partial charge in [0.1, 0.15) is 0 Å². The lowest BCUT2D eigenvalue weighted by Gasteiger charge is -2.18. The molecule has 0 fully saturated rings. The second kappa shape index (κ2) is 3.69. The van der Waals surface area contributed by atoms with Gasteiger partial charge in [-0.15, -0.1) is 0 Å². The third-order valence-electron chi connectivity index (χ3n) is 0.618. The molecule has 4 nitrogen and oxygen atoms in total. The van der Waals surface area contributed by atoms with Gasteiger partial charge in [0.25, 0.3) is 0 Å². The van der Waals surface area contributed by atoms with Crippen molar-refractivity contribution in [3.05, 3.63) is 12.0 Å². The van der Waals surface area contributed by atoms with Gasteiger partial charge in [-0.2, -0.15) is 0 Å². The number of rotatable bonds is 3. The van der Waals surface area contributed by atoms with E-state index in [2.05, 4.69) is 6.58 Å². The van der Waals surface area contributed by atoms with Gasteiger partial charge in [0.2, 0.25) is 0 Å². The summed E-state index contributed by atoms with van der Waals surface area (Å²) in [5.74, 6) is 0. The minimum Gasteiger partial charge on any atom is -0.442 e. The summed E-state index contributed by atoms with van der Waals surface area (Å²) in [7, 11) is -0.222. The van der Waals surface area contributed by atoms with E-state index in [1.807, 2.05) is 0 Å². The molecular weight excluding hydrogens is 163 g/mol. The lowest BCUT2D eigenvalue weighted by Crippen LogP contribution is -2.36. The molecule has 0 aromatic rings. The largest absolute Gasteiger partial charge is 0.442 e. The molecule has 5 heteroatoms. The quantitative estimate of drug-likeness (QED) is 0.495. The second-order valence-electron chi connectivity index (χ2n) is 2.64. The molecule has 0 rings (SSSR count). The van der Waals surface area contributed by atoms with Crippen LogP contribution in [0.4, 0.5) is 4.79 Å². The van der Waals surface area contributed by atoms with Gasteiger partial charge in [-0.3, -0.25) is 5.73 Å². The molecule has 0 saturated carbocycles. The Morgan fingerprint density at radius 1 is 1.64 bits per heavy atom. The minimum atomic E-state index is -0.931. The van der Waals surface area contributed by atoms with Crippen molar-refractivity contribution in [3.8, 4) is 0 Å². The van der Waals surface area contributed by atoms with E-state index in [4.69, 9.17) is 16.2 Å². The predicted molar refractivity (Wildman–Crippen MR) is 46.4 cm³/mol. The maximum Gasteiger partial charge on any atom is 0.330 e. The van der Waals surface area contributed by atoms with E-state index in [9.17, 15) is 4.79 Å². The molecule has 0 aliphatic heterocycles. The molecule has 0 aliphatic rings. The maximum absolute atomic E-state index is 10.8. The Morgan fingerprint density at radius 2 is 2.09 bits per heavy atom. The van der Waals surface area contributed by atoms with Crippen LogP contribution in [0, 0.1) is 0 Å². The van der Waals surface area contributed by atoms with Gasteiger partial charge in [-0.1, -0.05) is 6.58 Å².